The summed E-state index contributed by atoms with van der Waals surface area (Å²) in [6.07, 6.45) is 1.46. The van der Waals surface area contributed by atoms with Crippen LogP contribution in [0.15, 0.2) is 42.6 Å². The normalized spacial score (nSPS) is 10.3. The van der Waals surface area contributed by atoms with E-state index in [0.29, 0.717) is 18.0 Å². The van der Waals surface area contributed by atoms with Gasteiger partial charge in [-0.25, -0.2) is 4.39 Å². The van der Waals surface area contributed by atoms with Crippen molar-refractivity contribution in [1.29, 1.82) is 0 Å². The topological polar surface area (TPSA) is 62.7 Å². The number of pyridine rings is 1. The molecule has 0 atom stereocenters. The Bertz CT molecular complexity index is 614. The lowest BCUT2D eigenvalue weighted by Gasteiger charge is -2.17. The van der Waals surface area contributed by atoms with Crippen molar-refractivity contribution in [3.8, 4) is 5.75 Å². The van der Waals surface area contributed by atoms with Gasteiger partial charge in [0, 0.05) is 13.6 Å². The average Bonchev–Trinajstić information content (AvgIpc) is 2.55. The molecule has 0 aliphatic carbocycles. The molecule has 5 nitrogen and oxygen atoms in total. The molecule has 0 unspecified atom stereocenters. The minimum Gasteiger partial charge on any atom is -0.482 e. The highest BCUT2D eigenvalue weighted by atomic mass is 19.1. The summed E-state index contributed by atoms with van der Waals surface area (Å²) in [7, 11) is 1.65. The van der Waals surface area contributed by atoms with E-state index < -0.39 is 0 Å². The van der Waals surface area contributed by atoms with Gasteiger partial charge in [0.25, 0.3) is 5.91 Å². The van der Waals surface area contributed by atoms with Gasteiger partial charge in [0.1, 0.15) is 11.6 Å². The van der Waals surface area contributed by atoms with Gasteiger partial charge in [-0.15, -0.1) is 0 Å². The Balaban J connectivity index is 1.84. The number of rotatable bonds is 6. The number of aliphatic hydroxyl groups is 1. The van der Waals surface area contributed by atoms with Crippen LogP contribution < -0.4 is 4.74 Å². The van der Waals surface area contributed by atoms with Crippen LogP contribution in [-0.2, 0) is 17.9 Å². The third-order valence-electron chi connectivity index (χ3n) is 3.08. The van der Waals surface area contributed by atoms with Gasteiger partial charge in [0.05, 0.1) is 18.5 Å². The van der Waals surface area contributed by atoms with Crippen molar-refractivity contribution < 1.29 is 19.0 Å². The van der Waals surface area contributed by atoms with E-state index in [1.165, 1.54) is 23.2 Å². The molecule has 0 aliphatic heterocycles. The van der Waals surface area contributed by atoms with Crippen LogP contribution in [0.4, 0.5) is 4.39 Å². The molecule has 1 amide bonds. The van der Waals surface area contributed by atoms with Crippen molar-refractivity contribution in [2.24, 2.45) is 0 Å². The number of aromatic nitrogens is 1. The van der Waals surface area contributed by atoms with Crippen molar-refractivity contribution in [3.05, 3.63) is 59.7 Å². The number of aliphatic hydroxyl groups excluding tert-OH is 1. The van der Waals surface area contributed by atoms with Crippen molar-refractivity contribution in [2.45, 2.75) is 13.2 Å². The highest BCUT2D eigenvalue weighted by Gasteiger charge is 2.10. The zero-order valence-electron chi connectivity index (χ0n) is 12.2. The maximum absolute atomic E-state index is 12.8. The van der Waals surface area contributed by atoms with E-state index in [1.54, 1.807) is 31.3 Å². The zero-order valence-corrected chi connectivity index (χ0v) is 12.2. The molecule has 22 heavy (non-hydrogen) atoms. The Morgan fingerprint density at radius 1 is 1.27 bits per heavy atom. The van der Waals surface area contributed by atoms with Crippen molar-refractivity contribution in [2.75, 3.05) is 13.7 Å². The first kappa shape index (κ1) is 15.9. The number of ether oxygens (including phenoxy) is 1. The molecule has 6 heteroatoms. The Kier molecular flexibility index (Phi) is 5.43. The second-order valence-corrected chi connectivity index (χ2v) is 4.81. The summed E-state index contributed by atoms with van der Waals surface area (Å²) in [6.45, 7) is 0.127. The Labute approximate surface area is 128 Å². The molecule has 0 saturated carbocycles. The van der Waals surface area contributed by atoms with Crippen molar-refractivity contribution >= 4 is 5.91 Å². The van der Waals surface area contributed by atoms with Crippen LogP contribution in [-0.4, -0.2) is 34.6 Å². The molecular weight excluding hydrogens is 287 g/mol. The molecule has 2 aromatic rings. The quantitative estimate of drug-likeness (QED) is 0.883. The molecule has 1 N–H and O–H groups in total. The van der Waals surface area contributed by atoms with E-state index in [0.717, 1.165) is 5.56 Å². The number of hydrogen-bond donors (Lipinski definition) is 1. The standard InChI is InChI=1S/C16H17FN2O3/c1-19(9-12-2-4-13(17)5-3-12)16(21)11-22-15-7-6-14(10-20)18-8-15/h2-8,20H,9-11H2,1H3. The van der Waals surface area contributed by atoms with E-state index in [-0.39, 0.29) is 24.9 Å². The highest BCUT2D eigenvalue weighted by molar-refractivity contribution is 5.77. The third kappa shape index (κ3) is 4.53. The van der Waals surface area contributed by atoms with Gasteiger partial charge in [-0.05, 0) is 29.8 Å². The molecule has 0 saturated heterocycles. The van der Waals surface area contributed by atoms with Gasteiger partial charge in [-0.3, -0.25) is 9.78 Å². The molecule has 0 spiro atoms. The predicted molar refractivity (Wildman–Crippen MR) is 78.5 cm³/mol. The predicted octanol–water partition coefficient (Wildman–Crippen LogP) is 1.75. The zero-order chi connectivity index (χ0) is 15.9. The summed E-state index contributed by atoms with van der Waals surface area (Å²) in [5, 5.41) is 8.89. The van der Waals surface area contributed by atoms with E-state index in [1.807, 2.05) is 0 Å². The smallest absolute Gasteiger partial charge is 0.260 e. The number of hydrogen-bond acceptors (Lipinski definition) is 4. The SMILES string of the molecule is CN(Cc1ccc(F)cc1)C(=O)COc1ccc(CO)nc1. The fourth-order valence-electron chi connectivity index (χ4n) is 1.80. The third-order valence-corrected chi connectivity index (χ3v) is 3.08. The number of amides is 1. The Morgan fingerprint density at radius 2 is 2.00 bits per heavy atom. The fraction of sp³-hybridized carbons (Fsp3) is 0.250. The lowest BCUT2D eigenvalue weighted by Crippen LogP contribution is -2.30. The summed E-state index contributed by atoms with van der Waals surface area (Å²) < 4.78 is 18.2. The van der Waals surface area contributed by atoms with Gasteiger partial charge < -0.3 is 14.7 Å². The summed E-state index contributed by atoms with van der Waals surface area (Å²) in [5.41, 5.74) is 1.37. The number of carbonyl (C=O) groups is 1. The summed E-state index contributed by atoms with van der Waals surface area (Å²) in [5.74, 6) is -0.0452. The molecule has 1 heterocycles. The molecule has 116 valence electrons. The number of halogens is 1. The Hall–Kier alpha value is -2.47. The van der Waals surface area contributed by atoms with Gasteiger partial charge in [-0.1, -0.05) is 12.1 Å². The van der Waals surface area contributed by atoms with Crippen LogP contribution in [0.25, 0.3) is 0 Å². The average molecular weight is 304 g/mol. The van der Waals surface area contributed by atoms with E-state index in [9.17, 15) is 9.18 Å². The van der Waals surface area contributed by atoms with Gasteiger partial charge in [0.15, 0.2) is 6.61 Å². The molecule has 1 aromatic heterocycles. The van der Waals surface area contributed by atoms with Gasteiger partial charge in [0.2, 0.25) is 0 Å². The van der Waals surface area contributed by atoms with Crippen molar-refractivity contribution in [3.63, 3.8) is 0 Å². The van der Waals surface area contributed by atoms with Gasteiger partial charge >= 0.3 is 0 Å². The van der Waals surface area contributed by atoms with E-state index in [2.05, 4.69) is 4.98 Å². The first-order valence-electron chi connectivity index (χ1n) is 6.75. The largest absolute Gasteiger partial charge is 0.482 e. The first-order chi connectivity index (χ1) is 10.6. The Morgan fingerprint density at radius 3 is 2.59 bits per heavy atom. The summed E-state index contributed by atoms with van der Waals surface area (Å²) in [6, 6.07) is 9.26. The minimum absolute atomic E-state index is 0.113. The first-order valence-corrected chi connectivity index (χ1v) is 6.75. The number of carbonyl (C=O) groups excluding carboxylic acids is 1. The van der Waals surface area contributed by atoms with Crippen LogP contribution >= 0.6 is 0 Å². The van der Waals surface area contributed by atoms with Crippen LogP contribution in [0.5, 0.6) is 5.75 Å². The van der Waals surface area contributed by atoms with Crippen LogP contribution in [0, 0.1) is 5.82 Å². The maximum atomic E-state index is 12.8. The number of nitrogens with zero attached hydrogens (tertiary/aromatic N) is 2. The summed E-state index contributed by atoms with van der Waals surface area (Å²) in [4.78, 5) is 17.4. The maximum Gasteiger partial charge on any atom is 0.260 e. The molecular formula is C16H17FN2O3. The van der Waals surface area contributed by atoms with E-state index >= 15 is 0 Å². The molecule has 0 aliphatic rings. The fourth-order valence-corrected chi connectivity index (χ4v) is 1.80. The second kappa shape index (κ2) is 7.51. The van der Waals surface area contributed by atoms with Crippen LogP contribution in [0.3, 0.4) is 0 Å². The lowest BCUT2D eigenvalue weighted by molar-refractivity contribution is -0.132. The van der Waals surface area contributed by atoms with Crippen molar-refractivity contribution in [1.82, 2.24) is 9.88 Å². The molecule has 0 radical (unpaired) electrons. The molecule has 1 aromatic carbocycles. The van der Waals surface area contributed by atoms with Crippen LogP contribution in [0.1, 0.15) is 11.3 Å². The highest BCUT2D eigenvalue weighted by Crippen LogP contribution is 2.10. The van der Waals surface area contributed by atoms with E-state index in [4.69, 9.17) is 9.84 Å². The lowest BCUT2D eigenvalue weighted by atomic mass is 10.2. The molecule has 0 bridgehead atoms. The number of likely N-dealkylation sites (N-methyl/N-ethyl adjacent to an activating group) is 1. The minimum atomic E-state index is -0.306. The van der Waals surface area contributed by atoms with Crippen LogP contribution in [0.2, 0.25) is 0 Å². The molecule has 0 fully saturated rings. The second-order valence-electron chi connectivity index (χ2n) is 4.81. The monoisotopic (exact) mass is 304 g/mol. The molecule has 2 rings (SSSR count). The van der Waals surface area contributed by atoms with Gasteiger partial charge in [-0.2, -0.15) is 0 Å². The summed E-state index contributed by atoms with van der Waals surface area (Å²) >= 11 is 0. The number of benzene rings is 1.